The van der Waals surface area contributed by atoms with E-state index in [0.717, 1.165) is 21.9 Å². The number of benzene rings is 2. The first kappa shape index (κ1) is 15.0. The molecule has 3 N–H and O–H groups in total. The molecule has 2 aromatic carbocycles. The Morgan fingerprint density at radius 1 is 1.27 bits per heavy atom. The second-order valence-electron chi connectivity index (χ2n) is 4.63. The van der Waals surface area contributed by atoms with Crippen LogP contribution < -0.4 is 11.1 Å². The monoisotopic (exact) mass is 333 g/mol. The van der Waals surface area contributed by atoms with E-state index in [1.165, 1.54) is 23.5 Å². The Morgan fingerprint density at radius 3 is 2.86 bits per heavy atom. The van der Waals surface area contributed by atoms with E-state index in [9.17, 15) is 4.39 Å². The fourth-order valence-corrected chi connectivity index (χ4v) is 3.11. The van der Waals surface area contributed by atoms with Gasteiger partial charge in [0, 0.05) is 40.0 Å². The quantitative estimate of drug-likeness (QED) is 0.720. The highest BCUT2D eigenvalue weighted by atomic mass is 35.5. The fraction of sp³-hybridized carbons (Fsp3) is 0.0625. The normalized spacial score (nSPS) is 10.7. The minimum atomic E-state index is -0.331. The number of aromatic nitrogens is 1. The highest BCUT2D eigenvalue weighted by Crippen LogP contribution is 2.38. The van der Waals surface area contributed by atoms with Crippen LogP contribution in [-0.4, -0.2) is 4.98 Å². The molecule has 3 nitrogen and oxygen atoms in total. The number of nitrogens with two attached hydrogens (primary N) is 1. The third-order valence-electron chi connectivity index (χ3n) is 3.24. The maximum absolute atomic E-state index is 13.8. The lowest BCUT2D eigenvalue weighted by Crippen LogP contribution is -2.01. The molecule has 0 aliphatic heterocycles. The summed E-state index contributed by atoms with van der Waals surface area (Å²) in [5.41, 5.74) is 8.80. The summed E-state index contributed by atoms with van der Waals surface area (Å²) in [5, 5.41) is 6.33. The van der Waals surface area contributed by atoms with E-state index in [0.29, 0.717) is 17.1 Å². The number of nitrogens with one attached hydrogen (secondary N) is 1. The molecule has 0 aliphatic carbocycles. The molecular formula is C16H13ClFN3S. The largest absolute Gasteiger partial charge is 0.331 e. The lowest BCUT2D eigenvalue weighted by Gasteiger charge is -2.15. The number of hydrogen-bond acceptors (Lipinski definition) is 4. The molecule has 0 aliphatic rings. The molecule has 0 unspecified atom stereocenters. The summed E-state index contributed by atoms with van der Waals surface area (Å²) in [7, 11) is 0. The summed E-state index contributed by atoms with van der Waals surface area (Å²) in [4.78, 5) is 4.19. The van der Waals surface area contributed by atoms with Crippen LogP contribution >= 0.6 is 22.9 Å². The van der Waals surface area contributed by atoms with E-state index >= 15 is 0 Å². The number of halogens is 2. The van der Waals surface area contributed by atoms with Gasteiger partial charge < -0.3 is 11.1 Å². The SMILES string of the molecule is NCc1cccc(Cl)c1-c1cc(F)ccc1Nc1nccs1. The molecule has 3 aromatic rings. The van der Waals surface area contributed by atoms with E-state index in [2.05, 4.69) is 10.3 Å². The van der Waals surface area contributed by atoms with Crippen LogP contribution in [0.4, 0.5) is 15.2 Å². The molecular weight excluding hydrogens is 321 g/mol. The van der Waals surface area contributed by atoms with Crippen molar-refractivity contribution in [1.82, 2.24) is 4.98 Å². The topological polar surface area (TPSA) is 50.9 Å². The predicted molar refractivity (Wildman–Crippen MR) is 90.1 cm³/mol. The number of thiazole rings is 1. The van der Waals surface area contributed by atoms with Crippen LogP contribution in [0.3, 0.4) is 0 Å². The second kappa shape index (κ2) is 6.44. The van der Waals surface area contributed by atoms with Crippen LogP contribution in [0.2, 0.25) is 5.02 Å². The second-order valence-corrected chi connectivity index (χ2v) is 5.93. The molecule has 0 saturated carbocycles. The molecule has 0 radical (unpaired) electrons. The number of hydrogen-bond donors (Lipinski definition) is 2. The van der Waals surface area contributed by atoms with E-state index in [1.54, 1.807) is 18.3 Å². The van der Waals surface area contributed by atoms with Crippen molar-refractivity contribution in [2.45, 2.75) is 6.54 Å². The fourth-order valence-electron chi connectivity index (χ4n) is 2.27. The summed E-state index contributed by atoms with van der Waals surface area (Å²) >= 11 is 7.80. The van der Waals surface area contributed by atoms with Crippen LogP contribution in [0.5, 0.6) is 0 Å². The molecule has 0 spiro atoms. The van der Waals surface area contributed by atoms with Crippen molar-refractivity contribution < 1.29 is 4.39 Å². The molecule has 0 fully saturated rings. The maximum atomic E-state index is 13.8. The molecule has 6 heteroatoms. The number of anilines is 2. The van der Waals surface area contributed by atoms with Crippen LogP contribution in [-0.2, 0) is 6.54 Å². The van der Waals surface area contributed by atoms with Crippen LogP contribution in [0.25, 0.3) is 11.1 Å². The zero-order chi connectivity index (χ0) is 15.5. The Morgan fingerprint density at radius 2 is 2.14 bits per heavy atom. The minimum Gasteiger partial charge on any atom is -0.331 e. The summed E-state index contributed by atoms with van der Waals surface area (Å²) in [6, 6.07) is 10.0. The van der Waals surface area contributed by atoms with Crippen molar-refractivity contribution in [1.29, 1.82) is 0 Å². The van der Waals surface area contributed by atoms with Gasteiger partial charge in [-0.1, -0.05) is 23.7 Å². The van der Waals surface area contributed by atoms with E-state index < -0.39 is 0 Å². The van der Waals surface area contributed by atoms with Gasteiger partial charge >= 0.3 is 0 Å². The van der Waals surface area contributed by atoms with Gasteiger partial charge in [0.05, 0.1) is 0 Å². The first-order valence-electron chi connectivity index (χ1n) is 6.63. The summed E-state index contributed by atoms with van der Waals surface area (Å²) < 4.78 is 13.8. The molecule has 0 saturated heterocycles. The third kappa shape index (κ3) is 2.97. The predicted octanol–water partition coefficient (Wildman–Crippen LogP) is 4.80. The van der Waals surface area contributed by atoms with Gasteiger partial charge in [0.25, 0.3) is 0 Å². The van der Waals surface area contributed by atoms with Crippen molar-refractivity contribution >= 4 is 33.8 Å². The van der Waals surface area contributed by atoms with E-state index in [1.807, 2.05) is 17.5 Å². The van der Waals surface area contributed by atoms with Gasteiger partial charge in [-0.05, 0) is 29.8 Å². The standard InChI is InChI=1S/C16H13ClFN3S/c17-13-3-1-2-10(9-19)15(13)12-8-11(18)4-5-14(12)21-16-20-6-7-22-16/h1-8H,9,19H2,(H,20,21). The van der Waals surface area contributed by atoms with Crippen molar-refractivity contribution in [3.8, 4) is 11.1 Å². The highest BCUT2D eigenvalue weighted by molar-refractivity contribution is 7.13. The number of nitrogens with zero attached hydrogens (tertiary/aromatic N) is 1. The average Bonchev–Trinajstić information content (AvgIpc) is 3.02. The van der Waals surface area contributed by atoms with Gasteiger partial charge in [-0.3, -0.25) is 0 Å². The molecule has 3 rings (SSSR count). The van der Waals surface area contributed by atoms with E-state index in [4.69, 9.17) is 17.3 Å². The minimum absolute atomic E-state index is 0.323. The lowest BCUT2D eigenvalue weighted by molar-refractivity contribution is 0.628. The first-order chi connectivity index (χ1) is 10.7. The average molecular weight is 334 g/mol. The smallest absolute Gasteiger partial charge is 0.187 e. The molecule has 1 aromatic heterocycles. The first-order valence-corrected chi connectivity index (χ1v) is 7.88. The highest BCUT2D eigenvalue weighted by Gasteiger charge is 2.14. The Hall–Kier alpha value is -1.95. The summed E-state index contributed by atoms with van der Waals surface area (Å²) in [6.07, 6.45) is 1.71. The molecule has 22 heavy (non-hydrogen) atoms. The molecule has 0 bridgehead atoms. The van der Waals surface area contributed by atoms with Gasteiger partial charge in [-0.25, -0.2) is 9.37 Å². The van der Waals surface area contributed by atoms with Gasteiger partial charge in [-0.15, -0.1) is 11.3 Å². The molecule has 0 atom stereocenters. The Bertz CT molecular complexity index is 790. The van der Waals surface area contributed by atoms with Gasteiger partial charge in [0.15, 0.2) is 5.13 Å². The van der Waals surface area contributed by atoms with Gasteiger partial charge in [0.1, 0.15) is 5.82 Å². The maximum Gasteiger partial charge on any atom is 0.187 e. The zero-order valence-electron chi connectivity index (χ0n) is 11.5. The van der Waals surface area contributed by atoms with Crippen molar-refractivity contribution in [2.75, 3.05) is 5.32 Å². The molecule has 1 heterocycles. The summed E-state index contributed by atoms with van der Waals surface area (Å²) in [6.45, 7) is 0.323. The third-order valence-corrected chi connectivity index (χ3v) is 4.25. The molecule has 0 amide bonds. The zero-order valence-corrected chi connectivity index (χ0v) is 13.1. The molecule has 112 valence electrons. The Kier molecular flexibility index (Phi) is 4.38. The number of rotatable bonds is 4. The van der Waals surface area contributed by atoms with E-state index in [-0.39, 0.29) is 5.82 Å². The van der Waals surface area contributed by atoms with Crippen molar-refractivity contribution in [3.05, 3.63) is 64.4 Å². The Labute approximate surface area is 136 Å². The van der Waals surface area contributed by atoms with Gasteiger partial charge in [-0.2, -0.15) is 0 Å². The van der Waals surface area contributed by atoms with Crippen LogP contribution in [0.15, 0.2) is 48.0 Å². The van der Waals surface area contributed by atoms with Crippen LogP contribution in [0, 0.1) is 5.82 Å². The van der Waals surface area contributed by atoms with Crippen molar-refractivity contribution in [2.24, 2.45) is 5.73 Å². The van der Waals surface area contributed by atoms with Crippen LogP contribution in [0.1, 0.15) is 5.56 Å². The lowest BCUT2D eigenvalue weighted by atomic mass is 9.98. The summed E-state index contributed by atoms with van der Waals surface area (Å²) in [5.74, 6) is -0.331. The van der Waals surface area contributed by atoms with Gasteiger partial charge in [0.2, 0.25) is 0 Å². The Balaban J connectivity index is 2.16. The van der Waals surface area contributed by atoms with Crippen molar-refractivity contribution in [3.63, 3.8) is 0 Å².